The maximum atomic E-state index is 12.1. The van der Waals surface area contributed by atoms with Crippen molar-refractivity contribution in [3.8, 4) is 6.07 Å². The van der Waals surface area contributed by atoms with Crippen LogP contribution in [0.5, 0.6) is 0 Å². The molecule has 124 valence electrons. The molecule has 1 aliphatic heterocycles. The summed E-state index contributed by atoms with van der Waals surface area (Å²) in [5.74, 6) is 1.44. The predicted octanol–water partition coefficient (Wildman–Crippen LogP) is 2.79. The van der Waals surface area contributed by atoms with Crippen LogP contribution in [0.2, 0.25) is 0 Å². The van der Waals surface area contributed by atoms with Gasteiger partial charge in [0.25, 0.3) is 5.91 Å². The molecule has 3 rings (SSSR count). The summed E-state index contributed by atoms with van der Waals surface area (Å²) in [5.41, 5.74) is 1.17. The fourth-order valence-corrected chi connectivity index (χ4v) is 3.01. The zero-order valence-corrected chi connectivity index (χ0v) is 13.6. The fourth-order valence-electron chi connectivity index (χ4n) is 3.01. The number of hydrogen-bond donors (Lipinski definition) is 1. The molecule has 1 amide bonds. The quantitative estimate of drug-likeness (QED) is 0.918. The molecule has 1 aromatic heterocycles. The number of rotatable bonds is 5. The van der Waals surface area contributed by atoms with E-state index in [9.17, 15) is 4.79 Å². The molecule has 0 unspecified atom stereocenters. The Morgan fingerprint density at radius 3 is 2.62 bits per heavy atom. The van der Waals surface area contributed by atoms with Crippen LogP contribution in [-0.4, -0.2) is 30.4 Å². The van der Waals surface area contributed by atoms with Crippen LogP contribution in [0.1, 0.15) is 34.5 Å². The van der Waals surface area contributed by atoms with Gasteiger partial charge in [0.05, 0.1) is 24.4 Å². The van der Waals surface area contributed by atoms with Gasteiger partial charge in [-0.3, -0.25) is 9.69 Å². The van der Waals surface area contributed by atoms with Crippen LogP contribution in [0.25, 0.3) is 0 Å². The monoisotopic (exact) mass is 323 g/mol. The van der Waals surface area contributed by atoms with E-state index in [0.717, 1.165) is 38.2 Å². The van der Waals surface area contributed by atoms with Gasteiger partial charge in [-0.25, -0.2) is 0 Å². The fraction of sp³-hybridized carbons (Fsp3) is 0.368. The summed E-state index contributed by atoms with van der Waals surface area (Å²) in [6, 6.07) is 12.7. The van der Waals surface area contributed by atoms with Crippen molar-refractivity contribution in [3.63, 3.8) is 0 Å². The summed E-state index contributed by atoms with van der Waals surface area (Å²) >= 11 is 0. The van der Waals surface area contributed by atoms with Crippen LogP contribution in [0.3, 0.4) is 0 Å². The highest BCUT2D eigenvalue weighted by molar-refractivity contribution is 5.94. The van der Waals surface area contributed by atoms with E-state index in [1.54, 1.807) is 30.5 Å². The summed E-state index contributed by atoms with van der Waals surface area (Å²) in [4.78, 5) is 14.5. The Labute approximate surface area is 141 Å². The molecule has 1 N–H and O–H groups in total. The largest absolute Gasteiger partial charge is 0.468 e. The van der Waals surface area contributed by atoms with Gasteiger partial charge >= 0.3 is 0 Å². The number of carbonyl (C=O) groups excluding carboxylic acids is 1. The van der Waals surface area contributed by atoms with E-state index in [4.69, 9.17) is 9.68 Å². The van der Waals surface area contributed by atoms with E-state index in [1.165, 1.54) is 0 Å². The number of nitrogens with one attached hydrogen (secondary N) is 1. The van der Waals surface area contributed by atoms with Gasteiger partial charge in [-0.05, 0) is 68.2 Å². The Kier molecular flexibility index (Phi) is 5.29. The lowest BCUT2D eigenvalue weighted by Gasteiger charge is -2.31. The van der Waals surface area contributed by atoms with Crippen molar-refractivity contribution in [2.75, 3.05) is 19.6 Å². The number of nitrogens with zero attached hydrogens (tertiary/aromatic N) is 2. The Hall–Kier alpha value is -2.58. The average molecular weight is 323 g/mol. The summed E-state index contributed by atoms with van der Waals surface area (Å²) in [6.07, 6.45) is 3.86. The number of amides is 1. The summed E-state index contributed by atoms with van der Waals surface area (Å²) in [5, 5.41) is 11.8. The van der Waals surface area contributed by atoms with Crippen molar-refractivity contribution in [3.05, 3.63) is 59.5 Å². The highest BCUT2D eigenvalue weighted by atomic mass is 16.3. The van der Waals surface area contributed by atoms with E-state index in [0.29, 0.717) is 23.6 Å². The standard InChI is InChI=1S/C19H21N3O2/c20-12-15-3-5-17(6-4-15)19(23)21-13-16-7-9-22(10-8-16)14-18-2-1-11-24-18/h1-6,11,16H,7-10,13-14H2,(H,21,23). The Morgan fingerprint density at radius 2 is 2.00 bits per heavy atom. The van der Waals surface area contributed by atoms with Crippen LogP contribution < -0.4 is 5.32 Å². The summed E-state index contributed by atoms with van der Waals surface area (Å²) in [6.45, 7) is 3.61. The zero-order chi connectivity index (χ0) is 16.8. The summed E-state index contributed by atoms with van der Waals surface area (Å²) in [7, 11) is 0. The van der Waals surface area contributed by atoms with Crippen LogP contribution in [0.15, 0.2) is 47.1 Å². The molecule has 24 heavy (non-hydrogen) atoms. The lowest BCUT2D eigenvalue weighted by molar-refractivity contribution is 0.0934. The molecule has 5 heteroatoms. The molecular weight excluding hydrogens is 302 g/mol. The molecule has 0 radical (unpaired) electrons. The first kappa shape index (κ1) is 16.3. The lowest BCUT2D eigenvalue weighted by atomic mass is 9.96. The average Bonchev–Trinajstić information content (AvgIpc) is 3.14. The van der Waals surface area contributed by atoms with Crippen molar-refractivity contribution in [1.82, 2.24) is 10.2 Å². The van der Waals surface area contributed by atoms with Gasteiger partial charge in [0.2, 0.25) is 0 Å². The molecule has 0 atom stereocenters. The molecule has 0 aliphatic carbocycles. The van der Waals surface area contributed by atoms with Gasteiger partial charge in [-0.15, -0.1) is 0 Å². The second-order valence-corrected chi connectivity index (χ2v) is 6.20. The lowest BCUT2D eigenvalue weighted by Crippen LogP contribution is -2.38. The number of likely N-dealkylation sites (tertiary alicyclic amines) is 1. The van der Waals surface area contributed by atoms with Crippen molar-refractivity contribution in [2.45, 2.75) is 19.4 Å². The molecule has 0 bridgehead atoms. The Balaban J connectivity index is 1.41. The zero-order valence-electron chi connectivity index (χ0n) is 13.6. The van der Waals surface area contributed by atoms with Crippen molar-refractivity contribution in [1.29, 1.82) is 5.26 Å². The Bertz CT molecular complexity index is 693. The first-order valence-corrected chi connectivity index (χ1v) is 8.27. The van der Waals surface area contributed by atoms with Crippen LogP contribution in [0.4, 0.5) is 0 Å². The molecule has 1 fully saturated rings. The maximum absolute atomic E-state index is 12.1. The molecule has 1 aromatic carbocycles. The number of piperidine rings is 1. The minimum absolute atomic E-state index is 0.0718. The van der Waals surface area contributed by atoms with Crippen molar-refractivity contribution in [2.24, 2.45) is 5.92 Å². The van der Waals surface area contributed by atoms with Gasteiger partial charge in [-0.2, -0.15) is 5.26 Å². The third-order valence-electron chi connectivity index (χ3n) is 4.49. The number of furan rings is 1. The minimum atomic E-state index is -0.0718. The van der Waals surface area contributed by atoms with Crippen LogP contribution in [0, 0.1) is 17.2 Å². The van der Waals surface area contributed by atoms with E-state index in [1.807, 2.05) is 12.1 Å². The third-order valence-corrected chi connectivity index (χ3v) is 4.49. The molecule has 2 heterocycles. The first-order valence-electron chi connectivity index (χ1n) is 8.27. The molecule has 0 saturated carbocycles. The second-order valence-electron chi connectivity index (χ2n) is 6.20. The molecule has 1 aliphatic rings. The Morgan fingerprint density at radius 1 is 1.25 bits per heavy atom. The van der Waals surface area contributed by atoms with Crippen LogP contribution in [-0.2, 0) is 6.54 Å². The van der Waals surface area contributed by atoms with Gasteiger partial charge in [0.15, 0.2) is 0 Å². The third kappa shape index (κ3) is 4.24. The normalized spacial score (nSPS) is 15.8. The highest BCUT2D eigenvalue weighted by Gasteiger charge is 2.20. The highest BCUT2D eigenvalue weighted by Crippen LogP contribution is 2.18. The molecule has 1 saturated heterocycles. The number of nitriles is 1. The van der Waals surface area contributed by atoms with E-state index >= 15 is 0 Å². The molecule has 0 spiro atoms. The van der Waals surface area contributed by atoms with Crippen molar-refractivity contribution >= 4 is 5.91 Å². The number of hydrogen-bond acceptors (Lipinski definition) is 4. The molecule has 2 aromatic rings. The van der Waals surface area contributed by atoms with E-state index in [-0.39, 0.29) is 5.91 Å². The van der Waals surface area contributed by atoms with E-state index in [2.05, 4.69) is 16.3 Å². The van der Waals surface area contributed by atoms with Gasteiger partial charge in [-0.1, -0.05) is 0 Å². The first-order chi connectivity index (χ1) is 11.7. The minimum Gasteiger partial charge on any atom is -0.468 e. The number of carbonyl (C=O) groups is 1. The maximum Gasteiger partial charge on any atom is 0.251 e. The smallest absolute Gasteiger partial charge is 0.251 e. The van der Waals surface area contributed by atoms with Gasteiger partial charge in [0.1, 0.15) is 5.76 Å². The van der Waals surface area contributed by atoms with Gasteiger partial charge in [0, 0.05) is 12.1 Å². The topological polar surface area (TPSA) is 69.3 Å². The van der Waals surface area contributed by atoms with E-state index < -0.39 is 0 Å². The predicted molar refractivity (Wildman–Crippen MR) is 90.2 cm³/mol. The van der Waals surface area contributed by atoms with Crippen molar-refractivity contribution < 1.29 is 9.21 Å². The molecule has 5 nitrogen and oxygen atoms in total. The second kappa shape index (κ2) is 7.80. The molecular formula is C19H21N3O2. The SMILES string of the molecule is N#Cc1ccc(C(=O)NCC2CCN(Cc3ccco3)CC2)cc1. The van der Waals surface area contributed by atoms with Crippen LogP contribution >= 0.6 is 0 Å². The summed E-state index contributed by atoms with van der Waals surface area (Å²) < 4.78 is 5.39. The van der Waals surface area contributed by atoms with Gasteiger partial charge < -0.3 is 9.73 Å². The number of benzene rings is 1.